The minimum absolute atomic E-state index is 0.0388. The number of ether oxygens (including phenoxy) is 2. The predicted octanol–water partition coefficient (Wildman–Crippen LogP) is 4.46. The van der Waals surface area contributed by atoms with Gasteiger partial charge in [-0.3, -0.25) is 4.79 Å². The summed E-state index contributed by atoms with van der Waals surface area (Å²) in [5, 5.41) is 3.21. The van der Waals surface area contributed by atoms with Crippen LogP contribution in [0.3, 0.4) is 0 Å². The number of hydrogen-bond acceptors (Lipinski definition) is 6. The van der Waals surface area contributed by atoms with Crippen LogP contribution in [0.25, 0.3) is 0 Å². The first-order chi connectivity index (χ1) is 14.1. The summed E-state index contributed by atoms with van der Waals surface area (Å²) in [7, 11) is 3.22. The summed E-state index contributed by atoms with van der Waals surface area (Å²) >= 11 is 0. The van der Waals surface area contributed by atoms with E-state index in [-0.39, 0.29) is 11.7 Å². The fourth-order valence-electron chi connectivity index (χ4n) is 3.61. The van der Waals surface area contributed by atoms with Gasteiger partial charge in [0.15, 0.2) is 17.3 Å². The Kier molecular flexibility index (Phi) is 5.16. The van der Waals surface area contributed by atoms with Crippen molar-refractivity contribution in [2.75, 3.05) is 19.5 Å². The first-order valence-electron chi connectivity index (χ1n) is 9.52. The molecule has 4 rings (SSSR count). The molecule has 0 bridgehead atoms. The van der Waals surface area contributed by atoms with Crippen molar-refractivity contribution in [1.29, 1.82) is 0 Å². The number of nitrogens with one attached hydrogen (secondary N) is 1. The van der Waals surface area contributed by atoms with Gasteiger partial charge in [0.25, 0.3) is 0 Å². The van der Waals surface area contributed by atoms with E-state index in [0.29, 0.717) is 35.9 Å². The Bertz CT molecular complexity index is 1050. The first kappa shape index (κ1) is 18.9. The van der Waals surface area contributed by atoms with Crippen molar-refractivity contribution in [2.24, 2.45) is 0 Å². The number of carbonyl (C=O) groups is 1. The number of Topliss-reactive ketones (excluding diaryl/α,β-unsaturated/α-hetero) is 1. The summed E-state index contributed by atoms with van der Waals surface area (Å²) in [4.78, 5) is 21.7. The first-order valence-corrected chi connectivity index (χ1v) is 9.52. The number of benzene rings is 2. The molecule has 148 valence electrons. The fourth-order valence-corrected chi connectivity index (χ4v) is 3.61. The molecule has 0 spiro atoms. The molecule has 1 aromatic heterocycles. The summed E-state index contributed by atoms with van der Waals surface area (Å²) in [6, 6.07) is 13.8. The lowest BCUT2D eigenvalue weighted by atomic mass is 9.82. The number of hydrogen-bond donors (Lipinski definition) is 1. The molecule has 6 heteroatoms. The van der Waals surface area contributed by atoms with Crippen LogP contribution in [-0.2, 0) is 6.42 Å². The Hall–Kier alpha value is -3.41. The maximum Gasteiger partial charge on any atom is 0.227 e. The van der Waals surface area contributed by atoms with Crippen molar-refractivity contribution in [3.63, 3.8) is 0 Å². The summed E-state index contributed by atoms with van der Waals surface area (Å²) in [6.07, 6.45) is 2.73. The molecule has 1 N–H and O–H groups in total. The molecule has 6 nitrogen and oxygen atoms in total. The number of rotatable bonds is 5. The molecule has 0 amide bonds. The Morgan fingerprint density at radius 1 is 1.00 bits per heavy atom. The van der Waals surface area contributed by atoms with Gasteiger partial charge in [0.1, 0.15) is 0 Å². The van der Waals surface area contributed by atoms with Crippen molar-refractivity contribution in [1.82, 2.24) is 9.97 Å². The largest absolute Gasteiger partial charge is 0.493 e. The van der Waals surface area contributed by atoms with Gasteiger partial charge < -0.3 is 14.8 Å². The lowest BCUT2D eigenvalue weighted by Crippen LogP contribution is -2.21. The molecule has 3 aromatic rings. The minimum atomic E-state index is 0.0388. The van der Waals surface area contributed by atoms with Crippen LogP contribution in [0, 0.1) is 6.92 Å². The van der Waals surface area contributed by atoms with Gasteiger partial charge in [-0.15, -0.1) is 0 Å². The molecule has 29 heavy (non-hydrogen) atoms. The van der Waals surface area contributed by atoms with Gasteiger partial charge in [-0.1, -0.05) is 23.8 Å². The van der Waals surface area contributed by atoms with Gasteiger partial charge in [0.05, 0.1) is 25.5 Å². The van der Waals surface area contributed by atoms with Crippen molar-refractivity contribution in [3.05, 3.63) is 71.0 Å². The summed E-state index contributed by atoms with van der Waals surface area (Å²) in [6.45, 7) is 2.04. The lowest BCUT2D eigenvalue weighted by molar-refractivity contribution is 0.0962. The zero-order valence-corrected chi connectivity index (χ0v) is 16.7. The zero-order valence-electron chi connectivity index (χ0n) is 16.7. The smallest absolute Gasteiger partial charge is 0.227 e. The highest BCUT2D eigenvalue weighted by atomic mass is 16.5. The molecule has 0 fully saturated rings. The van der Waals surface area contributed by atoms with E-state index < -0.39 is 0 Å². The average molecular weight is 389 g/mol. The van der Waals surface area contributed by atoms with Crippen LogP contribution >= 0.6 is 0 Å². The van der Waals surface area contributed by atoms with Gasteiger partial charge >= 0.3 is 0 Å². The summed E-state index contributed by atoms with van der Waals surface area (Å²) in [5.41, 5.74) is 4.51. The maximum absolute atomic E-state index is 12.7. The van der Waals surface area contributed by atoms with Crippen molar-refractivity contribution < 1.29 is 14.3 Å². The molecule has 0 aliphatic heterocycles. The monoisotopic (exact) mass is 389 g/mol. The van der Waals surface area contributed by atoms with Crippen molar-refractivity contribution in [3.8, 4) is 11.5 Å². The van der Waals surface area contributed by atoms with Crippen LogP contribution in [0.1, 0.15) is 39.5 Å². The van der Waals surface area contributed by atoms with Crippen LogP contribution in [-0.4, -0.2) is 30.0 Å². The third-order valence-electron chi connectivity index (χ3n) is 5.23. The average Bonchev–Trinajstić information content (AvgIpc) is 2.74. The predicted molar refractivity (Wildman–Crippen MR) is 111 cm³/mol. The summed E-state index contributed by atoms with van der Waals surface area (Å²) in [5.74, 6) is 1.93. The molecule has 0 radical (unpaired) electrons. The number of anilines is 2. The SMILES string of the molecule is COc1ccc(C2CC(=O)c3cnc(Nc4ccc(C)cc4)nc3C2)cc1OC. The third-order valence-corrected chi connectivity index (χ3v) is 5.23. The van der Waals surface area contributed by atoms with E-state index in [1.54, 1.807) is 20.4 Å². The van der Waals surface area contributed by atoms with E-state index in [4.69, 9.17) is 9.47 Å². The number of nitrogens with zero attached hydrogens (tertiary/aromatic N) is 2. The molecule has 0 saturated carbocycles. The lowest BCUT2D eigenvalue weighted by Gasteiger charge is -2.24. The van der Waals surface area contributed by atoms with E-state index >= 15 is 0 Å². The van der Waals surface area contributed by atoms with Crippen LogP contribution in [0.5, 0.6) is 11.5 Å². The van der Waals surface area contributed by atoms with E-state index in [0.717, 1.165) is 16.9 Å². The quantitative estimate of drug-likeness (QED) is 0.695. The number of ketones is 1. The van der Waals surface area contributed by atoms with Crippen LogP contribution < -0.4 is 14.8 Å². The highest BCUT2D eigenvalue weighted by Gasteiger charge is 2.28. The molecular weight excluding hydrogens is 366 g/mol. The molecule has 0 saturated heterocycles. The molecular formula is C23H23N3O3. The van der Waals surface area contributed by atoms with Gasteiger partial charge in [0, 0.05) is 18.3 Å². The van der Waals surface area contributed by atoms with Crippen molar-refractivity contribution in [2.45, 2.75) is 25.7 Å². The zero-order chi connectivity index (χ0) is 20.4. The van der Waals surface area contributed by atoms with Crippen LogP contribution in [0.2, 0.25) is 0 Å². The molecule has 2 aromatic carbocycles. The van der Waals surface area contributed by atoms with E-state index in [2.05, 4.69) is 15.3 Å². The molecule has 1 atom stereocenters. The second-order valence-corrected chi connectivity index (χ2v) is 7.19. The van der Waals surface area contributed by atoms with Crippen LogP contribution in [0.4, 0.5) is 11.6 Å². The number of aromatic nitrogens is 2. The molecule has 1 unspecified atom stereocenters. The second-order valence-electron chi connectivity index (χ2n) is 7.19. The standard InChI is InChI=1S/C23H23N3O3/c1-14-4-7-17(8-5-14)25-23-24-13-18-19(26-23)10-16(11-20(18)27)15-6-9-21(28-2)22(12-15)29-3/h4-9,12-13,16H,10-11H2,1-3H3,(H,24,25,26). The Morgan fingerprint density at radius 3 is 2.48 bits per heavy atom. The third kappa shape index (κ3) is 3.92. The van der Waals surface area contributed by atoms with E-state index in [1.165, 1.54) is 5.56 Å². The number of methoxy groups -OCH3 is 2. The molecule has 1 aliphatic rings. The highest BCUT2D eigenvalue weighted by Crippen LogP contribution is 2.36. The molecule has 1 aliphatic carbocycles. The van der Waals surface area contributed by atoms with E-state index in [9.17, 15) is 4.79 Å². The Morgan fingerprint density at radius 2 is 1.76 bits per heavy atom. The molecule has 1 heterocycles. The van der Waals surface area contributed by atoms with Gasteiger partial charge in [0.2, 0.25) is 5.95 Å². The maximum atomic E-state index is 12.7. The summed E-state index contributed by atoms with van der Waals surface area (Å²) < 4.78 is 10.7. The number of carbonyl (C=O) groups excluding carboxylic acids is 1. The van der Waals surface area contributed by atoms with Crippen LogP contribution in [0.15, 0.2) is 48.7 Å². The minimum Gasteiger partial charge on any atom is -0.493 e. The van der Waals surface area contributed by atoms with Crippen molar-refractivity contribution >= 4 is 17.4 Å². The van der Waals surface area contributed by atoms with Gasteiger partial charge in [-0.05, 0) is 49.1 Å². The Labute approximate surface area is 169 Å². The van der Waals surface area contributed by atoms with Gasteiger partial charge in [-0.2, -0.15) is 0 Å². The van der Waals surface area contributed by atoms with Gasteiger partial charge in [-0.25, -0.2) is 9.97 Å². The topological polar surface area (TPSA) is 73.3 Å². The normalized spacial score (nSPS) is 15.6. The Balaban J connectivity index is 1.60. The fraction of sp³-hybridized carbons (Fsp3) is 0.261. The number of aryl methyl sites for hydroxylation is 1. The second kappa shape index (κ2) is 7.91. The highest BCUT2D eigenvalue weighted by molar-refractivity contribution is 5.98. The number of fused-ring (bicyclic) bond motifs is 1. The van der Waals surface area contributed by atoms with E-state index in [1.807, 2.05) is 49.4 Å².